The summed E-state index contributed by atoms with van der Waals surface area (Å²) in [5.74, 6) is -1.18. The molecule has 0 heterocycles. The first-order chi connectivity index (χ1) is 10.6. The summed E-state index contributed by atoms with van der Waals surface area (Å²) >= 11 is 0. The topological polar surface area (TPSA) is 92.8 Å². The van der Waals surface area contributed by atoms with E-state index in [1.165, 1.54) is 11.1 Å². The molecule has 22 heavy (non-hydrogen) atoms. The number of hydrogen-bond donors (Lipinski definition) is 3. The molecule has 2 rings (SSSR count). The zero-order valence-corrected chi connectivity index (χ0v) is 12.3. The number of carboxylic acids is 1. The van der Waals surface area contributed by atoms with Gasteiger partial charge in [0.25, 0.3) is 0 Å². The van der Waals surface area contributed by atoms with E-state index in [9.17, 15) is 4.79 Å². The smallest absolute Gasteiger partial charge is 0.322 e. The summed E-state index contributed by atoms with van der Waals surface area (Å²) in [4.78, 5) is 9.65. The zero-order chi connectivity index (χ0) is 16.2. The molecule has 0 fully saturated rings. The van der Waals surface area contributed by atoms with Crippen molar-refractivity contribution in [1.29, 1.82) is 0 Å². The van der Waals surface area contributed by atoms with Crippen LogP contribution in [0.1, 0.15) is 11.1 Å². The summed E-state index contributed by atoms with van der Waals surface area (Å²) in [7, 11) is 0. The second-order valence-corrected chi connectivity index (χ2v) is 4.59. The van der Waals surface area contributed by atoms with Gasteiger partial charge in [0.1, 0.15) is 6.04 Å². The molecule has 0 aliphatic rings. The van der Waals surface area contributed by atoms with Gasteiger partial charge in [-0.15, -0.1) is 0 Å². The van der Waals surface area contributed by atoms with Crippen LogP contribution in [0.4, 0.5) is 0 Å². The molecule has 1 atom stereocenters. The predicted octanol–water partition coefficient (Wildman–Crippen LogP) is 1.79. The Bertz CT molecular complexity index is 491. The molecule has 2 aromatic carbocycles. The first-order valence-electron chi connectivity index (χ1n) is 6.88. The van der Waals surface area contributed by atoms with Gasteiger partial charge in [0.2, 0.25) is 0 Å². The van der Waals surface area contributed by atoms with E-state index < -0.39 is 18.6 Å². The molecule has 0 aliphatic carbocycles. The summed E-state index contributed by atoms with van der Waals surface area (Å²) in [5, 5.41) is 15.9. The largest absolute Gasteiger partial charge is 0.480 e. The Morgan fingerprint density at radius 2 is 1.36 bits per heavy atom. The van der Waals surface area contributed by atoms with Gasteiger partial charge in [-0.25, -0.2) is 0 Å². The van der Waals surface area contributed by atoms with Gasteiger partial charge in [0.15, 0.2) is 0 Å². The van der Waals surface area contributed by atoms with Gasteiger partial charge in [-0.1, -0.05) is 60.7 Å². The highest BCUT2D eigenvalue weighted by atomic mass is 16.5. The van der Waals surface area contributed by atoms with Crippen LogP contribution in [0, 0.1) is 0 Å². The van der Waals surface area contributed by atoms with Gasteiger partial charge in [-0.3, -0.25) is 4.79 Å². The van der Waals surface area contributed by atoms with E-state index in [4.69, 9.17) is 20.7 Å². The highest BCUT2D eigenvalue weighted by Gasteiger charge is 2.07. The number of aliphatic hydroxyl groups is 1. The van der Waals surface area contributed by atoms with E-state index >= 15 is 0 Å². The van der Waals surface area contributed by atoms with E-state index in [1.807, 2.05) is 36.4 Å². The number of aliphatic hydroxyl groups excluding tert-OH is 1. The number of aliphatic carboxylic acids is 1. The van der Waals surface area contributed by atoms with Crippen molar-refractivity contribution in [3.8, 4) is 0 Å². The normalized spacial score (nSPS) is 11.2. The molecule has 0 aliphatic heterocycles. The highest BCUT2D eigenvalue weighted by molar-refractivity contribution is 5.73. The van der Waals surface area contributed by atoms with Crippen molar-refractivity contribution < 1.29 is 19.7 Å². The highest BCUT2D eigenvalue weighted by Crippen LogP contribution is 2.05. The van der Waals surface area contributed by atoms with E-state index in [-0.39, 0.29) is 0 Å². The Hall–Kier alpha value is -2.21. The van der Waals surface area contributed by atoms with Gasteiger partial charge < -0.3 is 20.7 Å². The fourth-order valence-electron chi connectivity index (χ4n) is 1.51. The van der Waals surface area contributed by atoms with Gasteiger partial charge in [0, 0.05) is 0 Å². The van der Waals surface area contributed by atoms with Crippen LogP contribution in [-0.4, -0.2) is 28.8 Å². The van der Waals surface area contributed by atoms with Crippen LogP contribution in [0.25, 0.3) is 0 Å². The fraction of sp³-hybridized carbons (Fsp3) is 0.235. The Balaban J connectivity index is 0.000000295. The third-order valence-electron chi connectivity index (χ3n) is 2.74. The summed E-state index contributed by atoms with van der Waals surface area (Å²) in [5.41, 5.74) is 7.20. The van der Waals surface area contributed by atoms with Crippen molar-refractivity contribution in [2.45, 2.75) is 19.3 Å². The number of carboxylic acid groups (broad SMARTS) is 1. The molecule has 0 spiro atoms. The maximum atomic E-state index is 9.65. The van der Waals surface area contributed by atoms with Crippen molar-refractivity contribution in [2.75, 3.05) is 6.61 Å². The van der Waals surface area contributed by atoms with Crippen molar-refractivity contribution in [2.24, 2.45) is 5.73 Å². The van der Waals surface area contributed by atoms with Crippen LogP contribution in [0.15, 0.2) is 60.7 Å². The molecule has 0 amide bonds. The summed E-state index contributed by atoms with van der Waals surface area (Å²) in [6.45, 7) is 0.848. The molecule has 0 saturated carbocycles. The SMILES string of the molecule is N[C@@H](CO)C(=O)O.c1ccc(COCc2ccccc2)cc1. The van der Waals surface area contributed by atoms with E-state index in [2.05, 4.69) is 24.3 Å². The monoisotopic (exact) mass is 303 g/mol. The lowest BCUT2D eigenvalue weighted by molar-refractivity contribution is -0.139. The van der Waals surface area contributed by atoms with E-state index in [0.717, 1.165) is 0 Å². The minimum Gasteiger partial charge on any atom is -0.480 e. The third-order valence-corrected chi connectivity index (χ3v) is 2.74. The predicted molar refractivity (Wildman–Crippen MR) is 84.1 cm³/mol. The minimum absolute atomic E-state index is 0.505. The standard InChI is InChI=1S/C14H14O.C3H7NO3/c1-3-7-13(8-4-1)11-15-12-14-9-5-2-6-10-14;4-2(1-5)3(6)7/h1-10H,11-12H2;2,5H,1,4H2,(H,6,7)/t;2-/m.0/s1. The van der Waals surface area contributed by atoms with E-state index in [0.29, 0.717) is 13.2 Å². The number of ether oxygens (including phenoxy) is 1. The Kier molecular flexibility index (Phi) is 8.52. The fourth-order valence-corrected chi connectivity index (χ4v) is 1.51. The molecule has 118 valence electrons. The third kappa shape index (κ3) is 7.54. The Morgan fingerprint density at radius 3 is 1.64 bits per heavy atom. The van der Waals surface area contributed by atoms with Crippen molar-refractivity contribution in [1.82, 2.24) is 0 Å². The maximum absolute atomic E-state index is 9.65. The van der Waals surface area contributed by atoms with Crippen molar-refractivity contribution >= 4 is 5.97 Å². The first kappa shape index (κ1) is 17.8. The zero-order valence-electron chi connectivity index (χ0n) is 12.3. The average Bonchev–Trinajstić information content (AvgIpc) is 2.56. The average molecular weight is 303 g/mol. The molecule has 0 bridgehead atoms. The van der Waals surface area contributed by atoms with Crippen LogP contribution >= 0.6 is 0 Å². The lowest BCUT2D eigenvalue weighted by Gasteiger charge is -2.03. The second-order valence-electron chi connectivity index (χ2n) is 4.59. The quantitative estimate of drug-likeness (QED) is 0.756. The number of carbonyl (C=O) groups is 1. The van der Waals surface area contributed by atoms with Crippen molar-refractivity contribution in [3.05, 3.63) is 71.8 Å². The second kappa shape index (κ2) is 10.5. The summed E-state index contributed by atoms with van der Waals surface area (Å²) in [6, 6.07) is 19.3. The van der Waals surface area contributed by atoms with Crippen LogP contribution in [0.2, 0.25) is 0 Å². The summed E-state index contributed by atoms with van der Waals surface area (Å²) < 4.78 is 5.61. The van der Waals surface area contributed by atoms with Gasteiger partial charge in [-0.05, 0) is 11.1 Å². The Morgan fingerprint density at radius 1 is 0.955 bits per heavy atom. The lowest BCUT2D eigenvalue weighted by atomic mass is 10.2. The first-order valence-corrected chi connectivity index (χ1v) is 6.88. The molecule has 0 unspecified atom stereocenters. The molecule has 0 aromatic heterocycles. The van der Waals surface area contributed by atoms with E-state index in [1.54, 1.807) is 0 Å². The lowest BCUT2D eigenvalue weighted by Crippen LogP contribution is -2.33. The molecular weight excluding hydrogens is 282 g/mol. The molecule has 5 nitrogen and oxygen atoms in total. The molecule has 5 heteroatoms. The number of nitrogens with two attached hydrogens (primary N) is 1. The Labute approximate surface area is 130 Å². The van der Waals surface area contributed by atoms with Gasteiger partial charge in [-0.2, -0.15) is 0 Å². The van der Waals surface area contributed by atoms with Crippen LogP contribution in [0.5, 0.6) is 0 Å². The molecule has 0 radical (unpaired) electrons. The van der Waals surface area contributed by atoms with Crippen LogP contribution in [0.3, 0.4) is 0 Å². The molecule has 2 aromatic rings. The van der Waals surface area contributed by atoms with Crippen LogP contribution < -0.4 is 5.73 Å². The number of rotatable bonds is 6. The maximum Gasteiger partial charge on any atom is 0.322 e. The molecule has 0 saturated heterocycles. The van der Waals surface area contributed by atoms with Crippen LogP contribution in [-0.2, 0) is 22.7 Å². The number of benzene rings is 2. The number of hydrogen-bond acceptors (Lipinski definition) is 4. The minimum atomic E-state index is -1.18. The molecular formula is C17H21NO4. The summed E-state index contributed by atoms with van der Waals surface area (Å²) in [6.07, 6.45) is 0. The molecule has 4 N–H and O–H groups in total. The van der Waals surface area contributed by atoms with Crippen molar-refractivity contribution in [3.63, 3.8) is 0 Å². The van der Waals surface area contributed by atoms with Gasteiger partial charge >= 0.3 is 5.97 Å². The van der Waals surface area contributed by atoms with Gasteiger partial charge in [0.05, 0.1) is 19.8 Å².